The summed E-state index contributed by atoms with van der Waals surface area (Å²) >= 11 is 0.944. The highest BCUT2D eigenvalue weighted by Crippen LogP contribution is 2.39. The third kappa shape index (κ3) is 2.87. The van der Waals surface area contributed by atoms with Gasteiger partial charge in [0.25, 0.3) is 11.1 Å². The maximum atomic E-state index is 12.7. The first-order chi connectivity index (χ1) is 11.0. The van der Waals surface area contributed by atoms with Crippen molar-refractivity contribution in [2.24, 2.45) is 0 Å². The zero-order valence-electron chi connectivity index (χ0n) is 12.7. The first-order valence-corrected chi connectivity index (χ1v) is 7.92. The second kappa shape index (κ2) is 5.93. The van der Waals surface area contributed by atoms with Crippen molar-refractivity contribution in [3.63, 3.8) is 0 Å². The van der Waals surface area contributed by atoms with Crippen LogP contribution in [0.2, 0.25) is 0 Å². The largest absolute Gasteiger partial charge is 0.508 e. The SMILES string of the molecule is C/C(=C1/SC(=O)N(c2cccc(C)c2)C1=O)c1ccc(O)cc1. The van der Waals surface area contributed by atoms with Gasteiger partial charge in [0, 0.05) is 0 Å². The molecule has 1 aliphatic rings. The molecule has 0 radical (unpaired) electrons. The number of aromatic hydroxyl groups is 1. The molecule has 116 valence electrons. The van der Waals surface area contributed by atoms with E-state index in [4.69, 9.17) is 0 Å². The van der Waals surface area contributed by atoms with Crippen molar-refractivity contribution in [1.82, 2.24) is 0 Å². The summed E-state index contributed by atoms with van der Waals surface area (Å²) in [6.45, 7) is 3.72. The first kappa shape index (κ1) is 15.4. The molecule has 1 fully saturated rings. The standard InChI is InChI=1S/C18H15NO3S/c1-11-4-3-5-14(10-11)19-17(21)16(23-18(19)22)12(2)13-6-8-15(20)9-7-13/h3-10,20H,1-2H3/b16-12-. The molecule has 2 aromatic rings. The minimum absolute atomic E-state index is 0.161. The summed E-state index contributed by atoms with van der Waals surface area (Å²) in [5, 5.41) is 9.07. The van der Waals surface area contributed by atoms with Gasteiger partial charge in [0.2, 0.25) is 0 Å². The van der Waals surface area contributed by atoms with E-state index in [-0.39, 0.29) is 16.9 Å². The number of allylic oxidation sites excluding steroid dienone is 1. The molecular formula is C18H15NO3S. The Morgan fingerprint density at radius 1 is 1.09 bits per heavy atom. The maximum Gasteiger partial charge on any atom is 0.298 e. The third-order valence-corrected chi connectivity index (χ3v) is 4.71. The summed E-state index contributed by atoms with van der Waals surface area (Å²) in [5.41, 5.74) is 3.10. The highest BCUT2D eigenvalue weighted by Gasteiger charge is 2.37. The molecule has 0 saturated carbocycles. The number of phenolic OH excluding ortho intramolecular Hbond substituents is 1. The first-order valence-electron chi connectivity index (χ1n) is 7.10. The Morgan fingerprint density at radius 3 is 2.43 bits per heavy atom. The molecule has 0 bridgehead atoms. The monoisotopic (exact) mass is 325 g/mol. The number of hydrogen-bond acceptors (Lipinski definition) is 4. The van der Waals surface area contributed by atoms with Crippen LogP contribution in [0.1, 0.15) is 18.1 Å². The molecule has 1 heterocycles. The van der Waals surface area contributed by atoms with Crippen molar-refractivity contribution in [1.29, 1.82) is 0 Å². The van der Waals surface area contributed by atoms with Crippen molar-refractivity contribution in [3.8, 4) is 5.75 Å². The van der Waals surface area contributed by atoms with E-state index in [1.807, 2.05) is 25.1 Å². The number of imide groups is 1. The molecule has 2 amide bonds. The van der Waals surface area contributed by atoms with Gasteiger partial charge in [-0.2, -0.15) is 0 Å². The number of thioether (sulfide) groups is 1. The topological polar surface area (TPSA) is 57.6 Å². The zero-order valence-corrected chi connectivity index (χ0v) is 13.6. The van der Waals surface area contributed by atoms with Crippen LogP contribution in [0, 0.1) is 6.92 Å². The van der Waals surface area contributed by atoms with Crippen molar-refractivity contribution in [2.75, 3.05) is 4.90 Å². The van der Waals surface area contributed by atoms with E-state index in [2.05, 4.69) is 0 Å². The molecule has 0 aromatic heterocycles. The van der Waals surface area contributed by atoms with Crippen LogP contribution in [-0.4, -0.2) is 16.3 Å². The van der Waals surface area contributed by atoms with Crippen LogP contribution in [-0.2, 0) is 4.79 Å². The second-order valence-corrected chi connectivity index (χ2v) is 6.31. The van der Waals surface area contributed by atoms with Gasteiger partial charge in [0.05, 0.1) is 10.6 Å². The smallest absolute Gasteiger partial charge is 0.298 e. The van der Waals surface area contributed by atoms with Gasteiger partial charge in [-0.1, -0.05) is 24.3 Å². The van der Waals surface area contributed by atoms with Crippen molar-refractivity contribution < 1.29 is 14.7 Å². The predicted molar refractivity (Wildman–Crippen MR) is 92.4 cm³/mol. The number of benzene rings is 2. The van der Waals surface area contributed by atoms with Gasteiger partial charge in [-0.15, -0.1) is 0 Å². The molecule has 0 aliphatic carbocycles. The Kier molecular flexibility index (Phi) is 3.96. The number of aryl methyl sites for hydroxylation is 1. The molecule has 0 spiro atoms. The number of carbonyl (C=O) groups excluding carboxylic acids is 2. The third-order valence-electron chi connectivity index (χ3n) is 3.67. The number of amides is 2. The number of nitrogens with zero attached hydrogens (tertiary/aromatic N) is 1. The molecule has 4 nitrogen and oxygen atoms in total. The van der Waals surface area contributed by atoms with Gasteiger partial charge in [-0.05, 0) is 66.6 Å². The summed E-state index contributed by atoms with van der Waals surface area (Å²) in [6.07, 6.45) is 0. The summed E-state index contributed by atoms with van der Waals surface area (Å²) in [4.78, 5) is 26.6. The molecular weight excluding hydrogens is 310 g/mol. The van der Waals surface area contributed by atoms with Crippen molar-refractivity contribution >= 4 is 34.2 Å². The molecule has 3 rings (SSSR count). The molecule has 2 aromatic carbocycles. The van der Waals surface area contributed by atoms with Gasteiger partial charge >= 0.3 is 0 Å². The molecule has 1 saturated heterocycles. The highest BCUT2D eigenvalue weighted by molar-refractivity contribution is 8.19. The lowest BCUT2D eigenvalue weighted by Crippen LogP contribution is -2.27. The van der Waals surface area contributed by atoms with Crippen LogP contribution in [0.25, 0.3) is 5.57 Å². The van der Waals surface area contributed by atoms with Gasteiger partial charge in [0.1, 0.15) is 5.75 Å². The zero-order chi connectivity index (χ0) is 16.6. The van der Waals surface area contributed by atoms with Crippen LogP contribution in [0.15, 0.2) is 53.4 Å². The van der Waals surface area contributed by atoms with Gasteiger partial charge in [-0.3, -0.25) is 9.59 Å². The van der Waals surface area contributed by atoms with E-state index in [1.54, 1.807) is 37.3 Å². The molecule has 1 N–H and O–H groups in total. The summed E-state index contributed by atoms with van der Waals surface area (Å²) in [5.74, 6) is -0.148. The lowest BCUT2D eigenvalue weighted by molar-refractivity contribution is -0.113. The molecule has 23 heavy (non-hydrogen) atoms. The molecule has 0 atom stereocenters. The van der Waals surface area contributed by atoms with Crippen molar-refractivity contribution in [2.45, 2.75) is 13.8 Å². The summed E-state index contributed by atoms with van der Waals surface area (Å²) in [7, 11) is 0. The Hall–Kier alpha value is -2.53. The average Bonchev–Trinajstić information content (AvgIpc) is 2.82. The predicted octanol–water partition coefficient (Wildman–Crippen LogP) is 4.33. The second-order valence-electron chi connectivity index (χ2n) is 5.35. The normalized spacial score (nSPS) is 16.9. The Bertz CT molecular complexity index is 824. The molecule has 5 heteroatoms. The molecule has 1 aliphatic heterocycles. The van der Waals surface area contributed by atoms with Crippen LogP contribution in [0.4, 0.5) is 10.5 Å². The van der Waals surface area contributed by atoms with E-state index in [9.17, 15) is 14.7 Å². The van der Waals surface area contributed by atoms with Crippen LogP contribution in [0.5, 0.6) is 5.75 Å². The quantitative estimate of drug-likeness (QED) is 0.835. The number of carbonyl (C=O) groups is 2. The number of rotatable bonds is 2. The van der Waals surface area contributed by atoms with Gasteiger partial charge in [-0.25, -0.2) is 4.90 Å². The van der Waals surface area contributed by atoms with E-state index in [0.717, 1.165) is 28.5 Å². The number of phenols is 1. The summed E-state index contributed by atoms with van der Waals surface area (Å²) in [6, 6.07) is 13.9. The minimum atomic E-state index is -0.309. The van der Waals surface area contributed by atoms with E-state index in [0.29, 0.717) is 10.6 Å². The van der Waals surface area contributed by atoms with Crippen LogP contribution < -0.4 is 4.90 Å². The summed E-state index contributed by atoms with van der Waals surface area (Å²) < 4.78 is 0. The molecule has 0 unspecified atom stereocenters. The Labute approximate surface area is 138 Å². The number of anilines is 1. The Morgan fingerprint density at radius 2 is 1.78 bits per heavy atom. The average molecular weight is 325 g/mol. The fraction of sp³-hybridized carbons (Fsp3) is 0.111. The van der Waals surface area contributed by atoms with E-state index in [1.165, 1.54) is 4.90 Å². The fourth-order valence-corrected chi connectivity index (χ4v) is 3.33. The number of hydrogen-bond donors (Lipinski definition) is 1. The van der Waals surface area contributed by atoms with Crippen LogP contribution in [0.3, 0.4) is 0 Å². The van der Waals surface area contributed by atoms with E-state index < -0.39 is 0 Å². The lowest BCUT2D eigenvalue weighted by Gasteiger charge is -2.13. The van der Waals surface area contributed by atoms with Crippen LogP contribution >= 0.6 is 11.8 Å². The highest BCUT2D eigenvalue weighted by atomic mass is 32.2. The van der Waals surface area contributed by atoms with Gasteiger partial charge in [0.15, 0.2) is 0 Å². The minimum Gasteiger partial charge on any atom is -0.508 e. The van der Waals surface area contributed by atoms with Gasteiger partial charge < -0.3 is 5.11 Å². The lowest BCUT2D eigenvalue weighted by atomic mass is 10.1. The van der Waals surface area contributed by atoms with Crippen molar-refractivity contribution in [3.05, 3.63) is 64.6 Å². The fourth-order valence-electron chi connectivity index (χ4n) is 2.43. The maximum absolute atomic E-state index is 12.7. The van der Waals surface area contributed by atoms with E-state index >= 15 is 0 Å². The Balaban J connectivity index is 2.00.